The topological polar surface area (TPSA) is 149 Å². The summed E-state index contributed by atoms with van der Waals surface area (Å²) in [5.74, 6) is -5.56. The monoisotopic (exact) mass is 326 g/mol. The lowest BCUT2D eigenvalue weighted by Gasteiger charge is -2.13. The van der Waals surface area contributed by atoms with Gasteiger partial charge in [0.05, 0.1) is 17.9 Å². The Balaban J connectivity index is 2.26. The van der Waals surface area contributed by atoms with E-state index in [4.69, 9.17) is 0 Å². The lowest BCUT2D eigenvalue weighted by Crippen LogP contribution is -2.30. The van der Waals surface area contributed by atoms with Crippen LogP contribution in [0, 0.1) is 0 Å². The fourth-order valence-corrected chi connectivity index (χ4v) is 1.93. The number of carboxylic acid groups (broad SMARTS) is 3. The first-order chi connectivity index (χ1) is 11.3. The van der Waals surface area contributed by atoms with Crippen molar-refractivity contribution in [3.05, 3.63) is 64.7 Å². The highest BCUT2D eigenvalue weighted by molar-refractivity contribution is 6.07. The summed E-state index contributed by atoms with van der Waals surface area (Å²) in [6, 6.07) is 7.96. The van der Waals surface area contributed by atoms with E-state index in [1.807, 2.05) is 0 Å². The summed E-state index contributed by atoms with van der Waals surface area (Å²) in [7, 11) is 0. The molecule has 2 rings (SSSR count). The third-order valence-electron chi connectivity index (χ3n) is 3.10. The maximum absolute atomic E-state index is 12.1. The average Bonchev–Trinajstić information content (AvgIpc) is 2.54. The van der Waals surface area contributed by atoms with Gasteiger partial charge in [-0.3, -0.25) is 4.79 Å². The number of anilines is 1. The van der Waals surface area contributed by atoms with Crippen LogP contribution < -0.4 is 20.6 Å². The summed E-state index contributed by atoms with van der Waals surface area (Å²) in [4.78, 5) is 44.5. The normalized spacial score (nSPS) is 10.0. The Labute approximate surface area is 135 Å². The third-order valence-corrected chi connectivity index (χ3v) is 3.10. The summed E-state index contributed by atoms with van der Waals surface area (Å²) < 4.78 is 0. The standard InChI is InChI=1S/C16H11NO7/c18-13(17-10-4-1-8(2-5-10)14(19)20)9-3-6-11(15(21)22)12(7-9)16(23)24/h1-7H,(H,17,18)(H,19,20)(H,21,22)(H,23,24)/p-3. The Morgan fingerprint density at radius 3 is 1.71 bits per heavy atom. The molecule has 0 aliphatic heterocycles. The van der Waals surface area contributed by atoms with Gasteiger partial charge in [0.15, 0.2) is 0 Å². The Kier molecular flexibility index (Phi) is 4.60. The summed E-state index contributed by atoms with van der Waals surface area (Å²) in [5, 5.41) is 34.8. The molecule has 1 amide bonds. The van der Waals surface area contributed by atoms with E-state index in [9.17, 15) is 34.5 Å². The fraction of sp³-hybridized carbons (Fsp3) is 0. The number of nitrogens with one attached hydrogen (secondary N) is 1. The number of carbonyl (C=O) groups excluding carboxylic acids is 4. The first-order valence-electron chi connectivity index (χ1n) is 6.49. The average molecular weight is 326 g/mol. The van der Waals surface area contributed by atoms with E-state index < -0.39 is 34.9 Å². The molecule has 8 heteroatoms. The van der Waals surface area contributed by atoms with Gasteiger partial charge < -0.3 is 35.0 Å². The maximum atomic E-state index is 12.1. The Morgan fingerprint density at radius 2 is 1.21 bits per heavy atom. The zero-order valence-corrected chi connectivity index (χ0v) is 11.9. The molecule has 0 aliphatic rings. The Bertz CT molecular complexity index is 840. The molecule has 24 heavy (non-hydrogen) atoms. The molecule has 0 atom stereocenters. The minimum Gasteiger partial charge on any atom is -0.545 e. The SMILES string of the molecule is O=C([O-])c1ccc(NC(=O)c2ccc(C(=O)[O-])c(C(=O)[O-])c2)cc1. The van der Waals surface area contributed by atoms with E-state index in [2.05, 4.69) is 5.32 Å². The van der Waals surface area contributed by atoms with Crippen LogP contribution in [0.3, 0.4) is 0 Å². The van der Waals surface area contributed by atoms with Crippen LogP contribution >= 0.6 is 0 Å². The van der Waals surface area contributed by atoms with E-state index in [1.54, 1.807) is 0 Å². The second kappa shape index (κ2) is 6.61. The van der Waals surface area contributed by atoms with Crippen molar-refractivity contribution in [2.75, 3.05) is 5.32 Å². The second-order valence-electron chi connectivity index (χ2n) is 4.65. The molecule has 0 fully saturated rings. The van der Waals surface area contributed by atoms with Crippen LogP contribution in [0.4, 0.5) is 5.69 Å². The van der Waals surface area contributed by atoms with Gasteiger partial charge in [-0.2, -0.15) is 0 Å². The fourth-order valence-electron chi connectivity index (χ4n) is 1.93. The predicted molar refractivity (Wildman–Crippen MR) is 73.8 cm³/mol. The number of benzene rings is 2. The molecule has 2 aromatic rings. The van der Waals surface area contributed by atoms with Crippen molar-refractivity contribution in [3.8, 4) is 0 Å². The number of carbonyl (C=O) groups is 4. The first-order valence-corrected chi connectivity index (χ1v) is 6.49. The smallest absolute Gasteiger partial charge is 0.255 e. The van der Waals surface area contributed by atoms with Gasteiger partial charge in [-0.15, -0.1) is 0 Å². The van der Waals surface area contributed by atoms with Gasteiger partial charge >= 0.3 is 0 Å². The van der Waals surface area contributed by atoms with Crippen molar-refractivity contribution in [1.29, 1.82) is 0 Å². The number of hydrogen-bond acceptors (Lipinski definition) is 7. The lowest BCUT2D eigenvalue weighted by molar-refractivity contribution is -0.259. The summed E-state index contributed by atoms with van der Waals surface area (Å²) in [6.45, 7) is 0. The van der Waals surface area contributed by atoms with Crippen molar-refractivity contribution in [1.82, 2.24) is 0 Å². The first kappa shape index (κ1) is 16.7. The van der Waals surface area contributed by atoms with Crippen LogP contribution in [0.2, 0.25) is 0 Å². The third kappa shape index (κ3) is 3.55. The Morgan fingerprint density at radius 1 is 0.667 bits per heavy atom. The molecule has 0 unspecified atom stereocenters. The molecular weight excluding hydrogens is 318 g/mol. The highest BCUT2D eigenvalue weighted by atomic mass is 16.4. The van der Waals surface area contributed by atoms with Gasteiger partial charge in [-0.25, -0.2) is 0 Å². The van der Waals surface area contributed by atoms with Gasteiger partial charge in [-0.05, 0) is 29.8 Å². The number of carboxylic acids is 3. The summed E-state index contributed by atoms with van der Waals surface area (Å²) in [6.07, 6.45) is 0. The van der Waals surface area contributed by atoms with Crippen molar-refractivity contribution in [3.63, 3.8) is 0 Å². The molecule has 8 nitrogen and oxygen atoms in total. The van der Waals surface area contributed by atoms with Crippen molar-refractivity contribution in [2.45, 2.75) is 0 Å². The number of rotatable bonds is 5. The van der Waals surface area contributed by atoms with Crippen LogP contribution in [-0.2, 0) is 0 Å². The molecule has 0 heterocycles. The molecule has 0 saturated heterocycles. The van der Waals surface area contributed by atoms with Gasteiger partial charge in [0.25, 0.3) is 5.91 Å². The highest BCUT2D eigenvalue weighted by Gasteiger charge is 2.11. The number of aromatic carboxylic acids is 3. The lowest BCUT2D eigenvalue weighted by atomic mass is 10.0. The van der Waals surface area contributed by atoms with E-state index in [-0.39, 0.29) is 16.8 Å². The van der Waals surface area contributed by atoms with E-state index in [1.165, 1.54) is 24.3 Å². The van der Waals surface area contributed by atoms with Crippen LogP contribution in [0.15, 0.2) is 42.5 Å². The van der Waals surface area contributed by atoms with E-state index >= 15 is 0 Å². The van der Waals surface area contributed by atoms with Crippen LogP contribution in [0.5, 0.6) is 0 Å². The molecule has 0 bridgehead atoms. The van der Waals surface area contributed by atoms with Gasteiger partial charge in [0.2, 0.25) is 0 Å². The second-order valence-corrected chi connectivity index (χ2v) is 4.65. The largest absolute Gasteiger partial charge is 0.545 e. The molecular formula is C16H8NO7-3. The Hall–Kier alpha value is -3.68. The molecule has 0 spiro atoms. The van der Waals surface area contributed by atoms with Gasteiger partial charge in [-0.1, -0.05) is 18.2 Å². The van der Waals surface area contributed by atoms with Gasteiger partial charge in [0, 0.05) is 22.4 Å². The summed E-state index contributed by atoms with van der Waals surface area (Å²) >= 11 is 0. The van der Waals surface area contributed by atoms with E-state index in [0.29, 0.717) is 0 Å². The van der Waals surface area contributed by atoms with Crippen molar-refractivity contribution < 1.29 is 34.5 Å². The number of hydrogen-bond donors (Lipinski definition) is 1. The summed E-state index contributed by atoms with van der Waals surface area (Å²) in [5.41, 5.74) is -1.24. The number of amides is 1. The predicted octanol–water partition coefficient (Wildman–Crippen LogP) is -1.97. The molecule has 0 saturated carbocycles. The molecule has 0 radical (unpaired) electrons. The van der Waals surface area contributed by atoms with Crippen LogP contribution in [-0.4, -0.2) is 23.8 Å². The van der Waals surface area contributed by atoms with Crippen molar-refractivity contribution >= 4 is 29.5 Å². The van der Waals surface area contributed by atoms with Crippen LogP contribution in [0.1, 0.15) is 41.4 Å². The molecule has 2 aromatic carbocycles. The maximum Gasteiger partial charge on any atom is 0.255 e. The minimum atomic E-state index is -1.76. The minimum absolute atomic E-state index is 0.0782. The highest BCUT2D eigenvalue weighted by Crippen LogP contribution is 2.14. The quantitative estimate of drug-likeness (QED) is 0.669. The van der Waals surface area contributed by atoms with Crippen molar-refractivity contribution in [2.24, 2.45) is 0 Å². The molecule has 0 aliphatic carbocycles. The molecule has 122 valence electrons. The van der Waals surface area contributed by atoms with Crippen LogP contribution in [0.25, 0.3) is 0 Å². The zero-order chi connectivity index (χ0) is 17.9. The molecule has 1 N–H and O–H groups in total. The molecule has 0 aromatic heterocycles. The van der Waals surface area contributed by atoms with Gasteiger partial charge in [0.1, 0.15) is 0 Å². The van der Waals surface area contributed by atoms with E-state index in [0.717, 1.165) is 18.2 Å². The zero-order valence-electron chi connectivity index (χ0n) is 11.9.